The lowest BCUT2D eigenvalue weighted by atomic mass is 9.89. The molecule has 0 radical (unpaired) electrons. The summed E-state index contributed by atoms with van der Waals surface area (Å²) in [5.74, 6) is 1.37. The molecule has 4 heteroatoms. The van der Waals surface area contributed by atoms with Gasteiger partial charge in [0.2, 0.25) is 0 Å². The van der Waals surface area contributed by atoms with Gasteiger partial charge in [0.25, 0.3) is 0 Å². The minimum Gasteiger partial charge on any atom is -0.490 e. The number of rotatable bonds is 3. The Bertz CT molecular complexity index is 495. The third kappa shape index (κ3) is 2.52. The van der Waals surface area contributed by atoms with Crippen LogP contribution >= 0.6 is 0 Å². The number of ether oxygens (including phenoxy) is 1. The molecule has 2 aliphatic heterocycles. The van der Waals surface area contributed by atoms with E-state index in [1.165, 1.54) is 0 Å². The maximum Gasteiger partial charge on any atom is 0.166 e. The molecule has 0 saturated carbocycles. The van der Waals surface area contributed by atoms with Gasteiger partial charge in [-0.15, -0.1) is 0 Å². The lowest BCUT2D eigenvalue weighted by Crippen LogP contribution is -2.33. The number of likely N-dealkylation sites (N-methyl/N-ethyl adjacent to an activating group) is 1. The van der Waals surface area contributed by atoms with E-state index in [1.807, 2.05) is 18.2 Å². The van der Waals surface area contributed by atoms with Gasteiger partial charge in [-0.3, -0.25) is 4.79 Å². The molecule has 0 aromatic heterocycles. The normalized spacial score (nSPS) is 19.4. The fourth-order valence-electron chi connectivity index (χ4n) is 3.07. The molecule has 108 valence electrons. The highest BCUT2D eigenvalue weighted by Gasteiger charge is 2.24. The van der Waals surface area contributed by atoms with Crippen LogP contribution in [0.1, 0.15) is 30.1 Å². The Labute approximate surface area is 120 Å². The highest BCUT2D eigenvalue weighted by atomic mass is 16.5. The Morgan fingerprint density at radius 1 is 1.40 bits per heavy atom. The van der Waals surface area contributed by atoms with Crippen molar-refractivity contribution < 1.29 is 9.53 Å². The molecule has 2 heterocycles. The van der Waals surface area contributed by atoms with Crippen LogP contribution in [0.3, 0.4) is 0 Å². The number of nitrogens with zero attached hydrogens (tertiary/aromatic N) is 1. The van der Waals surface area contributed by atoms with Crippen LogP contribution in [0.5, 0.6) is 5.75 Å². The fraction of sp³-hybridized carbons (Fsp3) is 0.562. The number of fused-ring (bicyclic) bond motifs is 1. The van der Waals surface area contributed by atoms with Crippen LogP contribution in [-0.2, 0) is 0 Å². The van der Waals surface area contributed by atoms with E-state index >= 15 is 0 Å². The van der Waals surface area contributed by atoms with Crippen LogP contribution in [0.2, 0.25) is 0 Å². The molecule has 1 aromatic rings. The Kier molecular flexibility index (Phi) is 3.92. The largest absolute Gasteiger partial charge is 0.490 e. The molecule has 1 aromatic carbocycles. The van der Waals surface area contributed by atoms with E-state index in [1.54, 1.807) is 0 Å². The van der Waals surface area contributed by atoms with Gasteiger partial charge in [-0.05, 0) is 51.1 Å². The number of nitrogens with one attached hydrogen (secondary N) is 1. The molecule has 2 aliphatic rings. The number of hydrogen-bond acceptors (Lipinski definition) is 4. The topological polar surface area (TPSA) is 41.6 Å². The molecule has 20 heavy (non-hydrogen) atoms. The van der Waals surface area contributed by atoms with Crippen molar-refractivity contribution in [2.45, 2.75) is 19.8 Å². The summed E-state index contributed by atoms with van der Waals surface area (Å²) in [6.45, 7) is 6.60. The Morgan fingerprint density at radius 2 is 2.20 bits per heavy atom. The molecule has 0 atom stereocenters. The Balaban J connectivity index is 1.85. The summed E-state index contributed by atoms with van der Waals surface area (Å²) >= 11 is 0. The van der Waals surface area contributed by atoms with Gasteiger partial charge in [0.15, 0.2) is 5.78 Å². The molecule has 1 N–H and O–H groups in total. The smallest absolute Gasteiger partial charge is 0.166 e. The van der Waals surface area contributed by atoms with E-state index in [0.29, 0.717) is 0 Å². The molecule has 0 spiro atoms. The zero-order chi connectivity index (χ0) is 13.9. The van der Waals surface area contributed by atoms with Gasteiger partial charge in [-0.1, -0.05) is 0 Å². The molecular formula is C16H22N2O2. The lowest BCUT2D eigenvalue weighted by molar-refractivity contribution is 0.0895. The molecule has 0 amide bonds. The number of carbonyl (C=O) groups excluding carboxylic acids is 1. The van der Waals surface area contributed by atoms with Crippen molar-refractivity contribution in [1.29, 1.82) is 0 Å². The molecular weight excluding hydrogens is 252 g/mol. The Morgan fingerprint density at radius 3 is 2.95 bits per heavy atom. The molecule has 0 unspecified atom stereocenters. The summed E-state index contributed by atoms with van der Waals surface area (Å²) in [5.41, 5.74) is 1.90. The third-order valence-electron chi connectivity index (χ3n) is 4.29. The van der Waals surface area contributed by atoms with Gasteiger partial charge < -0.3 is 15.0 Å². The van der Waals surface area contributed by atoms with Crippen molar-refractivity contribution in [3.05, 3.63) is 23.8 Å². The van der Waals surface area contributed by atoms with Gasteiger partial charge in [-0.2, -0.15) is 0 Å². The number of benzene rings is 1. The average molecular weight is 274 g/mol. The van der Waals surface area contributed by atoms with Gasteiger partial charge in [-0.25, -0.2) is 0 Å². The van der Waals surface area contributed by atoms with Crippen molar-refractivity contribution >= 4 is 11.5 Å². The molecule has 4 nitrogen and oxygen atoms in total. The molecule has 0 bridgehead atoms. The van der Waals surface area contributed by atoms with E-state index in [9.17, 15) is 4.79 Å². The van der Waals surface area contributed by atoms with E-state index in [4.69, 9.17) is 4.74 Å². The van der Waals surface area contributed by atoms with Crippen LogP contribution in [0.25, 0.3) is 0 Å². The van der Waals surface area contributed by atoms with Gasteiger partial charge >= 0.3 is 0 Å². The minimum atomic E-state index is 0.175. The SMILES string of the molecule is CCN1CCOc2ccc(C(=O)C3CCNCC3)cc21. The highest BCUT2D eigenvalue weighted by Crippen LogP contribution is 2.33. The van der Waals surface area contributed by atoms with Crippen LogP contribution in [0.4, 0.5) is 5.69 Å². The highest BCUT2D eigenvalue weighted by molar-refractivity contribution is 5.99. The number of carbonyl (C=O) groups is 1. The summed E-state index contributed by atoms with van der Waals surface area (Å²) < 4.78 is 5.67. The summed E-state index contributed by atoms with van der Waals surface area (Å²) in [5, 5.41) is 3.31. The molecule has 1 saturated heterocycles. The minimum absolute atomic E-state index is 0.175. The second-order valence-electron chi connectivity index (χ2n) is 5.50. The number of piperidine rings is 1. The van der Waals surface area contributed by atoms with Crippen molar-refractivity contribution in [3.63, 3.8) is 0 Å². The van der Waals surface area contributed by atoms with E-state index in [-0.39, 0.29) is 11.7 Å². The van der Waals surface area contributed by atoms with Crippen LogP contribution in [0, 0.1) is 5.92 Å². The van der Waals surface area contributed by atoms with Crippen molar-refractivity contribution in [2.75, 3.05) is 37.7 Å². The van der Waals surface area contributed by atoms with Crippen molar-refractivity contribution in [2.24, 2.45) is 5.92 Å². The predicted molar refractivity (Wildman–Crippen MR) is 79.7 cm³/mol. The number of ketones is 1. The zero-order valence-corrected chi connectivity index (χ0v) is 12.0. The predicted octanol–water partition coefficient (Wildman–Crippen LogP) is 2.09. The first-order valence-corrected chi connectivity index (χ1v) is 7.56. The standard InChI is InChI=1S/C16H22N2O2/c1-2-18-9-10-20-15-4-3-13(11-14(15)18)16(19)12-5-7-17-8-6-12/h3-4,11-12,17H,2,5-10H2,1H3. The van der Waals surface area contributed by atoms with Crippen molar-refractivity contribution in [3.8, 4) is 5.75 Å². The van der Waals surface area contributed by atoms with Gasteiger partial charge in [0.05, 0.1) is 12.2 Å². The van der Waals surface area contributed by atoms with Gasteiger partial charge in [0.1, 0.15) is 12.4 Å². The quantitative estimate of drug-likeness (QED) is 0.857. The Hall–Kier alpha value is -1.55. The molecule has 0 aliphatic carbocycles. The zero-order valence-electron chi connectivity index (χ0n) is 12.0. The van der Waals surface area contributed by atoms with Gasteiger partial charge in [0, 0.05) is 18.0 Å². The first-order chi connectivity index (χ1) is 9.79. The molecule has 3 rings (SSSR count). The number of anilines is 1. The number of Topliss-reactive ketones (excluding diaryl/α,β-unsaturated/α-hetero) is 1. The van der Waals surface area contributed by atoms with Crippen LogP contribution < -0.4 is 15.0 Å². The summed E-state index contributed by atoms with van der Waals surface area (Å²) in [7, 11) is 0. The molecule has 1 fully saturated rings. The third-order valence-corrected chi connectivity index (χ3v) is 4.29. The van der Waals surface area contributed by atoms with Crippen molar-refractivity contribution in [1.82, 2.24) is 5.32 Å². The summed E-state index contributed by atoms with van der Waals surface area (Å²) in [4.78, 5) is 14.9. The average Bonchev–Trinajstić information content (AvgIpc) is 2.54. The van der Waals surface area contributed by atoms with E-state index in [2.05, 4.69) is 17.1 Å². The monoisotopic (exact) mass is 274 g/mol. The fourth-order valence-corrected chi connectivity index (χ4v) is 3.07. The second kappa shape index (κ2) is 5.83. The number of hydrogen-bond donors (Lipinski definition) is 1. The lowest BCUT2D eigenvalue weighted by Gasteiger charge is -2.31. The summed E-state index contributed by atoms with van der Waals surface area (Å²) in [6, 6.07) is 5.89. The maximum absolute atomic E-state index is 12.6. The first-order valence-electron chi connectivity index (χ1n) is 7.56. The van der Waals surface area contributed by atoms with E-state index < -0.39 is 0 Å². The summed E-state index contributed by atoms with van der Waals surface area (Å²) in [6.07, 6.45) is 1.90. The first kappa shape index (κ1) is 13.4. The van der Waals surface area contributed by atoms with E-state index in [0.717, 1.165) is 62.6 Å². The van der Waals surface area contributed by atoms with Crippen LogP contribution in [0.15, 0.2) is 18.2 Å². The second-order valence-corrected chi connectivity index (χ2v) is 5.50. The maximum atomic E-state index is 12.6. The van der Waals surface area contributed by atoms with Crippen LogP contribution in [-0.4, -0.2) is 38.6 Å².